The zero-order valence-corrected chi connectivity index (χ0v) is 20.7. The van der Waals surface area contributed by atoms with Gasteiger partial charge in [0.05, 0.1) is 18.0 Å². The molecule has 2 aliphatic rings. The van der Waals surface area contributed by atoms with E-state index in [1.165, 1.54) is 0 Å². The lowest BCUT2D eigenvalue weighted by atomic mass is 10.0. The molecule has 2 aromatic carbocycles. The summed E-state index contributed by atoms with van der Waals surface area (Å²) in [5, 5.41) is -1.11. The van der Waals surface area contributed by atoms with Crippen LogP contribution in [0.1, 0.15) is 50.0 Å². The molecule has 1 unspecified atom stereocenters. The summed E-state index contributed by atoms with van der Waals surface area (Å²) in [6, 6.07) is 18.2. The normalized spacial score (nSPS) is 22.4. The minimum Gasteiger partial charge on any atom is -0.342 e. The maximum atomic E-state index is 13.5. The molecule has 2 aliphatic heterocycles. The Labute approximate surface area is 201 Å². The van der Waals surface area contributed by atoms with Crippen molar-refractivity contribution in [3.8, 4) is 0 Å². The van der Waals surface area contributed by atoms with Gasteiger partial charge in [0.15, 0.2) is 5.25 Å². The number of hydrogen-bond acceptors (Lipinski definition) is 5. The molecular formula is C26H31N3O4S. The zero-order chi connectivity index (χ0) is 24.5. The first-order chi connectivity index (χ1) is 16.1. The molecule has 4 rings (SSSR count). The Hall–Kier alpha value is -3.00. The Kier molecular flexibility index (Phi) is 6.62. The fourth-order valence-corrected chi connectivity index (χ4v) is 6.91. The summed E-state index contributed by atoms with van der Waals surface area (Å²) >= 11 is 0. The van der Waals surface area contributed by atoms with Gasteiger partial charge in [0.2, 0.25) is 5.91 Å². The average Bonchev–Trinajstić information content (AvgIpc) is 2.99. The van der Waals surface area contributed by atoms with Crippen molar-refractivity contribution in [3.63, 3.8) is 0 Å². The molecule has 0 N–H and O–H groups in total. The number of nitrogens with zero attached hydrogens (tertiary/aromatic N) is 3. The van der Waals surface area contributed by atoms with Gasteiger partial charge in [-0.05, 0) is 44.7 Å². The van der Waals surface area contributed by atoms with Crippen LogP contribution >= 0.6 is 0 Å². The van der Waals surface area contributed by atoms with Crippen molar-refractivity contribution in [3.05, 3.63) is 71.8 Å². The number of amides is 2. The van der Waals surface area contributed by atoms with Crippen LogP contribution in [0.25, 0.3) is 0 Å². The van der Waals surface area contributed by atoms with Gasteiger partial charge >= 0.3 is 0 Å². The minimum atomic E-state index is -3.96. The SMILES string of the molecule is CC(C)(C)N1C(=O)C(=NC2CCN(C(=O)Cc3ccccc3)CC2)C(c2ccccc2)S1(=O)=O. The van der Waals surface area contributed by atoms with E-state index in [4.69, 9.17) is 4.99 Å². The highest BCUT2D eigenvalue weighted by Crippen LogP contribution is 2.39. The molecule has 34 heavy (non-hydrogen) atoms. The van der Waals surface area contributed by atoms with Crippen molar-refractivity contribution in [1.29, 1.82) is 0 Å². The Bertz CT molecular complexity index is 1180. The van der Waals surface area contributed by atoms with Crippen molar-refractivity contribution in [2.45, 2.75) is 56.9 Å². The van der Waals surface area contributed by atoms with E-state index < -0.39 is 26.7 Å². The number of sulfonamides is 1. The van der Waals surface area contributed by atoms with Crippen LogP contribution < -0.4 is 0 Å². The van der Waals surface area contributed by atoms with E-state index >= 15 is 0 Å². The van der Waals surface area contributed by atoms with Crippen LogP contribution in [0.15, 0.2) is 65.7 Å². The Morgan fingerprint density at radius 1 is 0.971 bits per heavy atom. The highest BCUT2D eigenvalue weighted by molar-refractivity contribution is 7.91. The summed E-state index contributed by atoms with van der Waals surface area (Å²) in [5.41, 5.74) is 0.699. The lowest BCUT2D eigenvalue weighted by molar-refractivity contribution is -0.131. The van der Waals surface area contributed by atoms with Crippen LogP contribution in [0, 0.1) is 0 Å². The van der Waals surface area contributed by atoms with Gasteiger partial charge in [0, 0.05) is 13.1 Å². The van der Waals surface area contributed by atoms with Gasteiger partial charge in [0.25, 0.3) is 15.9 Å². The van der Waals surface area contributed by atoms with Crippen LogP contribution in [0.5, 0.6) is 0 Å². The highest BCUT2D eigenvalue weighted by atomic mass is 32.2. The van der Waals surface area contributed by atoms with Gasteiger partial charge in [-0.1, -0.05) is 60.7 Å². The molecule has 0 radical (unpaired) electrons. The number of benzene rings is 2. The largest absolute Gasteiger partial charge is 0.342 e. The van der Waals surface area contributed by atoms with Crippen LogP contribution in [0.4, 0.5) is 0 Å². The van der Waals surface area contributed by atoms with Gasteiger partial charge in [-0.2, -0.15) is 0 Å². The maximum Gasteiger partial charge on any atom is 0.283 e. The monoisotopic (exact) mass is 481 g/mol. The van der Waals surface area contributed by atoms with Gasteiger partial charge < -0.3 is 4.90 Å². The number of piperidine rings is 1. The summed E-state index contributed by atoms with van der Waals surface area (Å²) in [4.78, 5) is 32.6. The maximum absolute atomic E-state index is 13.5. The predicted molar refractivity (Wildman–Crippen MR) is 132 cm³/mol. The minimum absolute atomic E-state index is 0.0675. The average molecular weight is 482 g/mol. The van der Waals surface area contributed by atoms with Crippen LogP contribution in [0.3, 0.4) is 0 Å². The van der Waals surface area contributed by atoms with E-state index in [1.807, 2.05) is 41.3 Å². The van der Waals surface area contributed by atoms with Crippen LogP contribution in [0.2, 0.25) is 0 Å². The third kappa shape index (κ3) is 4.78. The number of likely N-dealkylation sites (tertiary alicyclic amines) is 1. The summed E-state index contributed by atoms with van der Waals surface area (Å²) in [5.74, 6) is -0.484. The molecule has 2 saturated heterocycles. The molecular weight excluding hydrogens is 450 g/mol. The topological polar surface area (TPSA) is 87.1 Å². The van der Waals surface area contributed by atoms with Gasteiger partial charge in [-0.25, -0.2) is 12.7 Å². The number of aliphatic imine (C=N–C) groups is 1. The van der Waals surface area contributed by atoms with Crippen molar-refractivity contribution in [2.75, 3.05) is 13.1 Å². The Morgan fingerprint density at radius 3 is 2.09 bits per heavy atom. The lowest BCUT2D eigenvalue weighted by Gasteiger charge is -2.31. The van der Waals surface area contributed by atoms with Gasteiger partial charge in [-0.15, -0.1) is 0 Å². The van der Waals surface area contributed by atoms with Crippen molar-refractivity contribution >= 4 is 27.5 Å². The van der Waals surface area contributed by atoms with Crippen LogP contribution in [-0.4, -0.2) is 59.8 Å². The molecule has 0 aliphatic carbocycles. The smallest absolute Gasteiger partial charge is 0.283 e. The number of carbonyl (C=O) groups is 2. The third-order valence-corrected chi connectivity index (χ3v) is 8.57. The Morgan fingerprint density at radius 2 is 1.53 bits per heavy atom. The molecule has 180 valence electrons. The van der Waals surface area contributed by atoms with E-state index in [1.54, 1.807) is 45.0 Å². The first-order valence-electron chi connectivity index (χ1n) is 11.6. The molecule has 0 spiro atoms. The van der Waals surface area contributed by atoms with Gasteiger partial charge in [-0.3, -0.25) is 14.6 Å². The molecule has 7 nitrogen and oxygen atoms in total. The number of rotatable bonds is 4. The second-order valence-electron chi connectivity index (χ2n) is 9.86. The summed E-state index contributed by atoms with van der Waals surface area (Å²) in [6.45, 7) is 6.21. The lowest BCUT2D eigenvalue weighted by Crippen LogP contribution is -2.46. The molecule has 0 bridgehead atoms. The van der Waals surface area contributed by atoms with E-state index in [9.17, 15) is 18.0 Å². The number of carbonyl (C=O) groups excluding carboxylic acids is 2. The van der Waals surface area contributed by atoms with Crippen molar-refractivity contribution in [1.82, 2.24) is 9.21 Å². The second kappa shape index (κ2) is 9.33. The van der Waals surface area contributed by atoms with E-state index in [2.05, 4.69) is 0 Å². The number of hydrogen-bond donors (Lipinski definition) is 0. The van der Waals surface area contributed by atoms with Crippen molar-refractivity contribution < 1.29 is 18.0 Å². The first-order valence-corrected chi connectivity index (χ1v) is 13.1. The highest BCUT2D eigenvalue weighted by Gasteiger charge is 2.54. The predicted octanol–water partition coefficient (Wildman–Crippen LogP) is 3.37. The van der Waals surface area contributed by atoms with Crippen molar-refractivity contribution in [2.24, 2.45) is 4.99 Å². The fourth-order valence-electron chi connectivity index (χ4n) is 4.67. The molecule has 1 atom stereocenters. The molecule has 0 aromatic heterocycles. The third-order valence-electron chi connectivity index (χ3n) is 6.25. The molecule has 2 heterocycles. The summed E-state index contributed by atoms with van der Waals surface area (Å²) in [7, 11) is -3.96. The quantitative estimate of drug-likeness (QED) is 0.670. The molecule has 2 amide bonds. The molecule has 0 saturated carbocycles. The second-order valence-corrected chi connectivity index (χ2v) is 11.7. The summed E-state index contributed by atoms with van der Waals surface area (Å²) < 4.78 is 28.0. The molecule has 2 fully saturated rings. The van der Waals surface area contributed by atoms with E-state index in [0.29, 0.717) is 37.9 Å². The van der Waals surface area contributed by atoms with Gasteiger partial charge in [0.1, 0.15) is 5.71 Å². The van der Waals surface area contributed by atoms with E-state index in [-0.39, 0.29) is 17.7 Å². The molecule has 8 heteroatoms. The zero-order valence-electron chi connectivity index (χ0n) is 19.8. The Balaban J connectivity index is 1.55. The standard InChI is InChI=1S/C26H31N3O4S/c1-26(2,3)29-25(31)23(24(34(29,32)33)20-12-8-5-9-13-20)27-21-14-16-28(17-15-21)22(30)18-19-10-6-4-7-11-19/h4-13,21,24H,14-18H2,1-3H3. The van der Waals surface area contributed by atoms with E-state index in [0.717, 1.165) is 9.87 Å². The van der Waals surface area contributed by atoms with Crippen LogP contribution in [-0.2, 0) is 26.0 Å². The summed E-state index contributed by atoms with van der Waals surface area (Å²) in [6.07, 6.45) is 1.54. The fraction of sp³-hybridized carbons (Fsp3) is 0.423. The molecule has 2 aromatic rings. The first kappa shape index (κ1) is 24.1.